The van der Waals surface area contributed by atoms with E-state index < -0.39 is 0 Å². The summed E-state index contributed by atoms with van der Waals surface area (Å²) >= 11 is 0. The normalized spacial score (nSPS) is 29.9. The number of nitrogens with one attached hydrogen (secondary N) is 1. The van der Waals surface area contributed by atoms with E-state index in [-0.39, 0.29) is 0 Å². The van der Waals surface area contributed by atoms with Crippen molar-refractivity contribution in [1.82, 2.24) is 10.2 Å². The van der Waals surface area contributed by atoms with Crippen molar-refractivity contribution in [2.75, 3.05) is 26.2 Å². The molecule has 0 saturated carbocycles. The van der Waals surface area contributed by atoms with Gasteiger partial charge in [-0.15, -0.1) is 0 Å². The quantitative estimate of drug-likeness (QED) is 0.715. The molecule has 0 amide bonds. The first-order chi connectivity index (χ1) is 7.63. The van der Waals surface area contributed by atoms with Gasteiger partial charge < -0.3 is 10.1 Å². The SMILES string of the molecule is C=C(CNC(C)C)CN1CC2CCC(C1)O2. The summed E-state index contributed by atoms with van der Waals surface area (Å²) in [6.45, 7) is 12.6. The van der Waals surface area contributed by atoms with Crippen molar-refractivity contribution in [3.8, 4) is 0 Å². The number of fused-ring (bicyclic) bond motifs is 2. The van der Waals surface area contributed by atoms with E-state index in [2.05, 4.69) is 30.6 Å². The minimum absolute atomic E-state index is 0.490. The summed E-state index contributed by atoms with van der Waals surface area (Å²) in [4.78, 5) is 2.50. The van der Waals surface area contributed by atoms with E-state index in [4.69, 9.17) is 4.74 Å². The van der Waals surface area contributed by atoms with Crippen LogP contribution in [0.15, 0.2) is 12.2 Å². The fourth-order valence-electron chi connectivity index (χ4n) is 2.55. The van der Waals surface area contributed by atoms with Gasteiger partial charge in [0.2, 0.25) is 0 Å². The van der Waals surface area contributed by atoms with Gasteiger partial charge >= 0.3 is 0 Å². The van der Waals surface area contributed by atoms with E-state index in [9.17, 15) is 0 Å². The molecule has 2 fully saturated rings. The zero-order valence-corrected chi connectivity index (χ0v) is 10.5. The Morgan fingerprint density at radius 2 is 2.00 bits per heavy atom. The molecule has 0 aromatic heterocycles. The third-order valence-corrected chi connectivity index (χ3v) is 3.33. The molecule has 2 aliphatic rings. The third kappa shape index (κ3) is 3.30. The fraction of sp³-hybridized carbons (Fsp3) is 0.846. The molecule has 3 heteroatoms. The molecule has 2 unspecified atom stereocenters. The first kappa shape index (κ1) is 12.1. The Morgan fingerprint density at radius 3 is 2.56 bits per heavy atom. The van der Waals surface area contributed by atoms with Gasteiger partial charge in [-0.2, -0.15) is 0 Å². The number of ether oxygens (including phenoxy) is 1. The fourth-order valence-corrected chi connectivity index (χ4v) is 2.55. The van der Waals surface area contributed by atoms with Crippen molar-refractivity contribution in [2.24, 2.45) is 0 Å². The van der Waals surface area contributed by atoms with Gasteiger partial charge in [-0.3, -0.25) is 4.90 Å². The first-order valence-corrected chi connectivity index (χ1v) is 6.41. The number of hydrogen-bond donors (Lipinski definition) is 1. The van der Waals surface area contributed by atoms with Crippen LogP contribution in [0.5, 0.6) is 0 Å². The molecule has 0 aromatic rings. The van der Waals surface area contributed by atoms with Crippen LogP contribution in [-0.4, -0.2) is 49.3 Å². The second-order valence-electron chi connectivity index (χ2n) is 5.44. The van der Waals surface area contributed by atoms with Crippen molar-refractivity contribution >= 4 is 0 Å². The smallest absolute Gasteiger partial charge is 0.0707 e. The number of morpholine rings is 1. The Balaban J connectivity index is 1.71. The Morgan fingerprint density at radius 1 is 1.38 bits per heavy atom. The summed E-state index contributed by atoms with van der Waals surface area (Å²) in [6.07, 6.45) is 3.48. The largest absolute Gasteiger partial charge is 0.372 e. The lowest BCUT2D eigenvalue weighted by Gasteiger charge is -2.32. The molecular formula is C13H24N2O. The van der Waals surface area contributed by atoms with Gasteiger partial charge in [-0.25, -0.2) is 0 Å². The zero-order chi connectivity index (χ0) is 11.5. The summed E-state index contributed by atoms with van der Waals surface area (Å²) in [7, 11) is 0. The number of rotatable bonds is 5. The molecule has 2 aliphatic heterocycles. The lowest BCUT2D eigenvalue weighted by Crippen LogP contribution is -2.44. The Hall–Kier alpha value is -0.380. The molecular weight excluding hydrogens is 200 g/mol. The standard InChI is InChI=1S/C13H24N2O/c1-10(2)14-6-11(3)7-15-8-12-4-5-13(9-15)16-12/h10,12-14H,3-9H2,1-2H3. The molecule has 0 radical (unpaired) electrons. The van der Waals surface area contributed by atoms with Gasteiger partial charge in [-0.05, 0) is 18.4 Å². The molecule has 0 aromatic carbocycles. The molecule has 2 atom stereocenters. The summed E-state index contributed by atoms with van der Waals surface area (Å²) in [5.41, 5.74) is 1.29. The zero-order valence-electron chi connectivity index (χ0n) is 10.5. The predicted octanol–water partition coefficient (Wildman–Crippen LogP) is 1.40. The van der Waals surface area contributed by atoms with Crippen LogP contribution >= 0.6 is 0 Å². The Kier molecular flexibility index (Phi) is 4.00. The number of likely N-dealkylation sites (tertiary alicyclic amines) is 1. The lowest BCUT2D eigenvalue weighted by molar-refractivity contribution is -0.0352. The lowest BCUT2D eigenvalue weighted by atomic mass is 10.2. The molecule has 2 bridgehead atoms. The highest BCUT2D eigenvalue weighted by atomic mass is 16.5. The van der Waals surface area contributed by atoms with Crippen LogP contribution in [-0.2, 0) is 4.74 Å². The number of nitrogens with zero attached hydrogens (tertiary/aromatic N) is 1. The molecule has 2 rings (SSSR count). The van der Waals surface area contributed by atoms with E-state index in [1.807, 2.05) is 0 Å². The number of hydrogen-bond acceptors (Lipinski definition) is 3. The van der Waals surface area contributed by atoms with Crippen molar-refractivity contribution in [3.05, 3.63) is 12.2 Å². The van der Waals surface area contributed by atoms with Crippen LogP contribution in [0.25, 0.3) is 0 Å². The average Bonchev–Trinajstić information content (AvgIpc) is 2.55. The maximum atomic E-state index is 5.82. The topological polar surface area (TPSA) is 24.5 Å². The Labute approximate surface area is 98.8 Å². The van der Waals surface area contributed by atoms with Crippen LogP contribution < -0.4 is 5.32 Å². The molecule has 3 nitrogen and oxygen atoms in total. The van der Waals surface area contributed by atoms with E-state index in [1.165, 1.54) is 18.4 Å². The van der Waals surface area contributed by atoms with Crippen LogP contribution in [0.4, 0.5) is 0 Å². The van der Waals surface area contributed by atoms with Crippen molar-refractivity contribution < 1.29 is 4.74 Å². The van der Waals surface area contributed by atoms with Crippen molar-refractivity contribution in [1.29, 1.82) is 0 Å². The summed E-state index contributed by atoms with van der Waals surface area (Å²) < 4.78 is 5.82. The van der Waals surface area contributed by atoms with Crippen LogP contribution in [0.1, 0.15) is 26.7 Å². The second kappa shape index (κ2) is 5.30. The van der Waals surface area contributed by atoms with Crippen LogP contribution in [0.2, 0.25) is 0 Å². The monoisotopic (exact) mass is 224 g/mol. The predicted molar refractivity (Wildman–Crippen MR) is 66.6 cm³/mol. The second-order valence-corrected chi connectivity index (χ2v) is 5.44. The molecule has 1 N–H and O–H groups in total. The molecule has 2 saturated heterocycles. The van der Waals surface area contributed by atoms with E-state index >= 15 is 0 Å². The molecule has 2 heterocycles. The van der Waals surface area contributed by atoms with Crippen LogP contribution in [0, 0.1) is 0 Å². The van der Waals surface area contributed by atoms with Gasteiger partial charge in [0.25, 0.3) is 0 Å². The maximum absolute atomic E-state index is 5.82. The first-order valence-electron chi connectivity index (χ1n) is 6.41. The van der Waals surface area contributed by atoms with E-state index in [0.29, 0.717) is 18.2 Å². The van der Waals surface area contributed by atoms with Crippen molar-refractivity contribution in [3.63, 3.8) is 0 Å². The van der Waals surface area contributed by atoms with Gasteiger partial charge in [0.05, 0.1) is 12.2 Å². The third-order valence-electron chi connectivity index (χ3n) is 3.33. The highest BCUT2D eigenvalue weighted by molar-refractivity contribution is 5.02. The van der Waals surface area contributed by atoms with Crippen molar-refractivity contribution in [2.45, 2.75) is 44.9 Å². The molecule has 0 spiro atoms. The maximum Gasteiger partial charge on any atom is 0.0707 e. The van der Waals surface area contributed by atoms with Gasteiger partial charge in [0.1, 0.15) is 0 Å². The molecule has 16 heavy (non-hydrogen) atoms. The van der Waals surface area contributed by atoms with Gasteiger partial charge in [0, 0.05) is 32.2 Å². The average molecular weight is 224 g/mol. The molecule has 92 valence electrons. The summed E-state index contributed by atoms with van der Waals surface area (Å²) in [5, 5.41) is 3.42. The van der Waals surface area contributed by atoms with Gasteiger partial charge in [0.15, 0.2) is 0 Å². The van der Waals surface area contributed by atoms with E-state index in [0.717, 1.165) is 26.2 Å². The van der Waals surface area contributed by atoms with Crippen LogP contribution in [0.3, 0.4) is 0 Å². The molecule has 0 aliphatic carbocycles. The summed E-state index contributed by atoms with van der Waals surface area (Å²) in [6, 6.07) is 0.539. The highest BCUT2D eigenvalue weighted by Gasteiger charge is 2.33. The van der Waals surface area contributed by atoms with Gasteiger partial charge in [-0.1, -0.05) is 20.4 Å². The minimum Gasteiger partial charge on any atom is -0.372 e. The minimum atomic E-state index is 0.490. The Bertz CT molecular complexity index is 240. The van der Waals surface area contributed by atoms with E-state index in [1.54, 1.807) is 0 Å². The highest BCUT2D eigenvalue weighted by Crippen LogP contribution is 2.26. The summed E-state index contributed by atoms with van der Waals surface area (Å²) in [5.74, 6) is 0.